The van der Waals surface area contributed by atoms with Crippen molar-refractivity contribution in [1.29, 1.82) is 0 Å². The summed E-state index contributed by atoms with van der Waals surface area (Å²) in [5, 5.41) is 0. The fourth-order valence-electron chi connectivity index (χ4n) is 4.07. The molecule has 2 atom stereocenters. The van der Waals surface area contributed by atoms with Gasteiger partial charge in [-0.2, -0.15) is 0 Å². The minimum Gasteiger partial charge on any atom is -0.343 e. The number of rotatable bonds is 13. The maximum absolute atomic E-state index is 12.5. The van der Waals surface area contributed by atoms with Crippen molar-refractivity contribution in [1.82, 2.24) is 4.90 Å². The second-order valence-electron chi connectivity index (χ2n) is 8.06. The lowest BCUT2D eigenvalue weighted by molar-refractivity contribution is -0.135. The molecule has 1 aliphatic heterocycles. The standard InChI is InChI=1S/C22H43NO/c1-4-6-7-8-9-10-15-20(3)16-11-12-17-21-18-13-14-19-23(5-2)22(21)24/h20-21H,4-19H2,1-3H3. The Bertz CT molecular complexity index is 315. The third kappa shape index (κ3) is 9.08. The zero-order valence-electron chi connectivity index (χ0n) is 16.8. The molecular formula is C22H43NO. The second kappa shape index (κ2) is 13.7. The molecule has 1 fully saturated rings. The number of hydrogen-bond acceptors (Lipinski definition) is 1. The summed E-state index contributed by atoms with van der Waals surface area (Å²) in [5.41, 5.74) is 0. The number of likely N-dealkylation sites (tertiary alicyclic amines) is 1. The summed E-state index contributed by atoms with van der Waals surface area (Å²) in [6.45, 7) is 8.70. The number of hydrogen-bond donors (Lipinski definition) is 0. The number of carbonyl (C=O) groups is 1. The van der Waals surface area contributed by atoms with Gasteiger partial charge in [0.1, 0.15) is 0 Å². The molecule has 1 amide bonds. The van der Waals surface area contributed by atoms with E-state index >= 15 is 0 Å². The topological polar surface area (TPSA) is 20.3 Å². The van der Waals surface area contributed by atoms with Gasteiger partial charge in [-0.05, 0) is 32.1 Å². The van der Waals surface area contributed by atoms with Crippen LogP contribution in [0.15, 0.2) is 0 Å². The predicted molar refractivity (Wildman–Crippen MR) is 105 cm³/mol. The maximum Gasteiger partial charge on any atom is 0.225 e. The van der Waals surface area contributed by atoms with Gasteiger partial charge in [-0.1, -0.05) is 84.5 Å². The van der Waals surface area contributed by atoms with Crippen LogP contribution >= 0.6 is 0 Å². The largest absolute Gasteiger partial charge is 0.343 e. The van der Waals surface area contributed by atoms with E-state index in [-0.39, 0.29) is 0 Å². The monoisotopic (exact) mass is 337 g/mol. The van der Waals surface area contributed by atoms with Gasteiger partial charge in [0.25, 0.3) is 0 Å². The lowest BCUT2D eigenvalue weighted by atomic mass is 9.92. The van der Waals surface area contributed by atoms with Gasteiger partial charge in [0.2, 0.25) is 5.91 Å². The van der Waals surface area contributed by atoms with E-state index in [9.17, 15) is 4.79 Å². The van der Waals surface area contributed by atoms with E-state index in [1.165, 1.54) is 77.0 Å². The van der Waals surface area contributed by atoms with Crippen molar-refractivity contribution >= 4 is 5.91 Å². The molecule has 0 saturated carbocycles. The molecule has 142 valence electrons. The van der Waals surface area contributed by atoms with Crippen LogP contribution in [0.2, 0.25) is 0 Å². The van der Waals surface area contributed by atoms with E-state index in [1.807, 2.05) is 0 Å². The van der Waals surface area contributed by atoms with E-state index in [2.05, 4.69) is 25.7 Å². The van der Waals surface area contributed by atoms with E-state index < -0.39 is 0 Å². The Hall–Kier alpha value is -0.530. The summed E-state index contributed by atoms with van der Waals surface area (Å²) in [6, 6.07) is 0. The summed E-state index contributed by atoms with van der Waals surface area (Å²) < 4.78 is 0. The van der Waals surface area contributed by atoms with Crippen LogP contribution in [0.5, 0.6) is 0 Å². The Balaban J connectivity index is 2.06. The Morgan fingerprint density at radius 3 is 2.33 bits per heavy atom. The van der Waals surface area contributed by atoms with Crippen LogP contribution in [0, 0.1) is 11.8 Å². The first-order chi connectivity index (χ1) is 11.7. The molecule has 1 aliphatic rings. The summed E-state index contributed by atoms with van der Waals surface area (Å²) in [4.78, 5) is 14.6. The maximum atomic E-state index is 12.5. The van der Waals surface area contributed by atoms with Gasteiger partial charge in [0, 0.05) is 19.0 Å². The minimum absolute atomic E-state index is 0.321. The van der Waals surface area contributed by atoms with Gasteiger partial charge in [0.05, 0.1) is 0 Å². The van der Waals surface area contributed by atoms with Crippen molar-refractivity contribution in [3.8, 4) is 0 Å². The molecule has 0 aliphatic carbocycles. The van der Waals surface area contributed by atoms with Gasteiger partial charge in [-0.3, -0.25) is 4.79 Å². The fraction of sp³-hybridized carbons (Fsp3) is 0.955. The SMILES string of the molecule is CCCCCCCCC(C)CCCCC1CCCCN(CC)C1=O. The Morgan fingerprint density at radius 1 is 0.958 bits per heavy atom. The van der Waals surface area contributed by atoms with Crippen molar-refractivity contribution < 1.29 is 4.79 Å². The average Bonchev–Trinajstić information content (AvgIpc) is 2.76. The molecule has 2 nitrogen and oxygen atoms in total. The fourth-order valence-corrected chi connectivity index (χ4v) is 4.07. The van der Waals surface area contributed by atoms with Crippen LogP contribution in [0.3, 0.4) is 0 Å². The number of carbonyl (C=O) groups excluding carboxylic acids is 1. The number of amides is 1. The Kier molecular flexibility index (Phi) is 12.3. The van der Waals surface area contributed by atoms with Crippen LogP contribution in [0.25, 0.3) is 0 Å². The number of unbranched alkanes of at least 4 members (excludes halogenated alkanes) is 6. The average molecular weight is 338 g/mol. The van der Waals surface area contributed by atoms with Gasteiger partial charge in [0.15, 0.2) is 0 Å². The Labute approximate surface area is 151 Å². The Morgan fingerprint density at radius 2 is 1.62 bits per heavy atom. The zero-order chi connectivity index (χ0) is 17.6. The molecule has 0 bridgehead atoms. The van der Waals surface area contributed by atoms with Gasteiger partial charge >= 0.3 is 0 Å². The molecule has 2 heteroatoms. The molecule has 1 rings (SSSR count). The van der Waals surface area contributed by atoms with Gasteiger partial charge in [-0.15, -0.1) is 0 Å². The lowest BCUT2D eigenvalue weighted by Gasteiger charge is -2.22. The first kappa shape index (κ1) is 21.5. The summed E-state index contributed by atoms with van der Waals surface area (Å²) in [7, 11) is 0. The molecule has 1 saturated heterocycles. The first-order valence-corrected chi connectivity index (χ1v) is 11.0. The highest BCUT2D eigenvalue weighted by molar-refractivity contribution is 5.79. The van der Waals surface area contributed by atoms with Gasteiger partial charge in [-0.25, -0.2) is 0 Å². The quantitative estimate of drug-likeness (QED) is 0.347. The predicted octanol–water partition coefficient (Wildman–Crippen LogP) is 6.58. The smallest absolute Gasteiger partial charge is 0.225 e. The van der Waals surface area contributed by atoms with Crippen molar-refractivity contribution in [3.63, 3.8) is 0 Å². The van der Waals surface area contributed by atoms with Gasteiger partial charge < -0.3 is 4.90 Å². The normalized spacial score (nSPS) is 20.2. The molecule has 0 aromatic carbocycles. The summed E-state index contributed by atoms with van der Waals surface area (Å²) in [5.74, 6) is 1.63. The van der Waals surface area contributed by atoms with Crippen molar-refractivity contribution in [2.75, 3.05) is 13.1 Å². The molecular weight excluding hydrogens is 294 g/mol. The van der Waals surface area contributed by atoms with Crippen LogP contribution < -0.4 is 0 Å². The highest BCUT2D eigenvalue weighted by Gasteiger charge is 2.25. The van der Waals surface area contributed by atoms with Crippen LogP contribution in [-0.2, 0) is 4.79 Å². The molecule has 24 heavy (non-hydrogen) atoms. The van der Waals surface area contributed by atoms with Crippen molar-refractivity contribution in [2.24, 2.45) is 11.8 Å². The van der Waals surface area contributed by atoms with Crippen LogP contribution in [0.4, 0.5) is 0 Å². The molecule has 0 aromatic heterocycles. The van der Waals surface area contributed by atoms with E-state index in [1.54, 1.807) is 0 Å². The molecule has 1 heterocycles. The molecule has 0 radical (unpaired) electrons. The molecule has 0 spiro atoms. The van der Waals surface area contributed by atoms with Crippen molar-refractivity contribution in [3.05, 3.63) is 0 Å². The van der Waals surface area contributed by atoms with Crippen LogP contribution in [0.1, 0.15) is 111 Å². The van der Waals surface area contributed by atoms with Crippen molar-refractivity contribution in [2.45, 2.75) is 111 Å². The zero-order valence-corrected chi connectivity index (χ0v) is 16.8. The molecule has 0 aromatic rings. The summed E-state index contributed by atoms with van der Waals surface area (Å²) >= 11 is 0. The third-order valence-corrected chi connectivity index (χ3v) is 5.82. The highest BCUT2D eigenvalue weighted by atomic mass is 16.2. The third-order valence-electron chi connectivity index (χ3n) is 5.82. The first-order valence-electron chi connectivity index (χ1n) is 11.0. The molecule has 2 unspecified atom stereocenters. The van der Waals surface area contributed by atoms with E-state index in [0.29, 0.717) is 11.8 Å². The highest BCUT2D eigenvalue weighted by Crippen LogP contribution is 2.24. The number of nitrogens with zero attached hydrogens (tertiary/aromatic N) is 1. The second-order valence-corrected chi connectivity index (χ2v) is 8.06. The van der Waals surface area contributed by atoms with Crippen LogP contribution in [-0.4, -0.2) is 23.9 Å². The summed E-state index contributed by atoms with van der Waals surface area (Å²) in [6.07, 6.45) is 18.4. The van der Waals surface area contributed by atoms with E-state index in [0.717, 1.165) is 31.8 Å². The lowest BCUT2D eigenvalue weighted by Crippen LogP contribution is -2.34. The van der Waals surface area contributed by atoms with E-state index in [4.69, 9.17) is 0 Å². The minimum atomic E-state index is 0.321. The molecule has 0 N–H and O–H groups in total.